The molecule has 0 atom stereocenters. The molecule has 0 saturated carbocycles. The fraction of sp³-hybridized carbons (Fsp3) is 0.115. The standard InChI is InChI=1S/C26H22FN3O4S/c1-15-11-20(29-26(32)22-13-17-7-8-19(27)14-24(17)28-16(22)2)9-10-23(15)30-25(31)18-5-4-6-21(12-18)35(3,33)34/h4-14H,1-3H3,(H,29,32)(H,30,31). The van der Waals surface area contributed by atoms with E-state index in [0.29, 0.717) is 39.1 Å². The Labute approximate surface area is 201 Å². The quantitative estimate of drug-likeness (QED) is 0.413. The summed E-state index contributed by atoms with van der Waals surface area (Å²) in [7, 11) is -3.44. The van der Waals surface area contributed by atoms with Gasteiger partial charge in [0.25, 0.3) is 11.8 Å². The van der Waals surface area contributed by atoms with E-state index < -0.39 is 21.6 Å². The van der Waals surface area contributed by atoms with Crippen molar-refractivity contribution in [3.63, 3.8) is 0 Å². The van der Waals surface area contributed by atoms with E-state index in [2.05, 4.69) is 15.6 Å². The molecule has 9 heteroatoms. The number of hydrogen-bond donors (Lipinski definition) is 2. The number of pyridine rings is 1. The van der Waals surface area contributed by atoms with Gasteiger partial charge in [0.2, 0.25) is 0 Å². The monoisotopic (exact) mass is 491 g/mol. The van der Waals surface area contributed by atoms with Gasteiger partial charge in [0, 0.05) is 34.6 Å². The number of halogens is 1. The normalized spacial score (nSPS) is 11.3. The summed E-state index contributed by atoms with van der Waals surface area (Å²) < 4.78 is 37.0. The number of benzene rings is 3. The highest BCUT2D eigenvalue weighted by atomic mass is 32.2. The number of hydrogen-bond acceptors (Lipinski definition) is 5. The second-order valence-electron chi connectivity index (χ2n) is 8.20. The van der Waals surface area contributed by atoms with Gasteiger partial charge in [-0.05, 0) is 74.0 Å². The molecular formula is C26H22FN3O4S. The molecule has 1 heterocycles. The average molecular weight is 492 g/mol. The Morgan fingerprint density at radius 3 is 2.37 bits per heavy atom. The van der Waals surface area contributed by atoms with Crippen molar-refractivity contribution in [1.82, 2.24) is 4.98 Å². The number of carbonyl (C=O) groups excluding carboxylic acids is 2. The molecule has 1 aromatic heterocycles. The van der Waals surface area contributed by atoms with Gasteiger partial charge in [-0.15, -0.1) is 0 Å². The van der Waals surface area contributed by atoms with Gasteiger partial charge in [-0.25, -0.2) is 12.8 Å². The second-order valence-corrected chi connectivity index (χ2v) is 10.2. The van der Waals surface area contributed by atoms with Gasteiger partial charge in [-0.2, -0.15) is 0 Å². The highest BCUT2D eigenvalue weighted by molar-refractivity contribution is 7.90. The van der Waals surface area contributed by atoms with Gasteiger partial charge in [0.15, 0.2) is 9.84 Å². The number of anilines is 2. The summed E-state index contributed by atoms with van der Waals surface area (Å²) in [6.07, 6.45) is 1.08. The molecule has 0 radical (unpaired) electrons. The van der Waals surface area contributed by atoms with Gasteiger partial charge in [-0.1, -0.05) is 6.07 Å². The van der Waals surface area contributed by atoms with Gasteiger partial charge in [0.1, 0.15) is 5.82 Å². The van der Waals surface area contributed by atoms with Crippen molar-refractivity contribution in [3.8, 4) is 0 Å². The van der Waals surface area contributed by atoms with Crippen molar-refractivity contribution in [2.24, 2.45) is 0 Å². The van der Waals surface area contributed by atoms with E-state index in [1.54, 1.807) is 44.2 Å². The number of carbonyl (C=O) groups is 2. The van der Waals surface area contributed by atoms with Crippen LogP contribution in [0.3, 0.4) is 0 Å². The van der Waals surface area contributed by atoms with Crippen LogP contribution in [0.25, 0.3) is 10.9 Å². The first-order chi connectivity index (χ1) is 16.5. The Bertz CT molecular complexity index is 1600. The zero-order valence-electron chi connectivity index (χ0n) is 19.2. The Morgan fingerprint density at radius 2 is 1.66 bits per heavy atom. The Kier molecular flexibility index (Phi) is 6.36. The minimum absolute atomic E-state index is 0.0588. The predicted molar refractivity (Wildman–Crippen MR) is 133 cm³/mol. The lowest BCUT2D eigenvalue weighted by Gasteiger charge is -2.13. The fourth-order valence-electron chi connectivity index (χ4n) is 3.61. The van der Waals surface area contributed by atoms with Crippen LogP contribution in [-0.2, 0) is 9.84 Å². The van der Waals surface area contributed by atoms with Crippen molar-refractivity contribution in [1.29, 1.82) is 0 Å². The van der Waals surface area contributed by atoms with E-state index in [0.717, 1.165) is 6.26 Å². The molecule has 0 unspecified atom stereocenters. The fourth-order valence-corrected chi connectivity index (χ4v) is 4.28. The lowest BCUT2D eigenvalue weighted by Crippen LogP contribution is -2.15. The van der Waals surface area contributed by atoms with Crippen LogP contribution in [0.1, 0.15) is 32.0 Å². The number of fused-ring (bicyclic) bond motifs is 1. The molecule has 0 bridgehead atoms. The molecular weight excluding hydrogens is 469 g/mol. The van der Waals surface area contributed by atoms with Crippen molar-refractivity contribution >= 4 is 43.9 Å². The Balaban J connectivity index is 1.51. The molecule has 2 N–H and O–H groups in total. The maximum Gasteiger partial charge on any atom is 0.257 e. The van der Waals surface area contributed by atoms with Crippen LogP contribution in [0.15, 0.2) is 71.6 Å². The summed E-state index contributed by atoms with van der Waals surface area (Å²) in [6.45, 7) is 3.46. The van der Waals surface area contributed by atoms with Crippen LogP contribution >= 0.6 is 0 Å². The zero-order valence-corrected chi connectivity index (χ0v) is 20.0. The highest BCUT2D eigenvalue weighted by Gasteiger charge is 2.15. The van der Waals surface area contributed by atoms with Gasteiger partial charge in [-0.3, -0.25) is 14.6 Å². The molecule has 0 aliphatic heterocycles. The van der Waals surface area contributed by atoms with E-state index >= 15 is 0 Å². The van der Waals surface area contributed by atoms with E-state index in [4.69, 9.17) is 0 Å². The Hall–Kier alpha value is -4.11. The third-order valence-corrected chi connectivity index (χ3v) is 6.58. The topological polar surface area (TPSA) is 105 Å². The van der Waals surface area contributed by atoms with Crippen molar-refractivity contribution in [2.75, 3.05) is 16.9 Å². The first kappa shape index (κ1) is 24.0. The zero-order chi connectivity index (χ0) is 25.3. The van der Waals surface area contributed by atoms with Crippen LogP contribution in [0.5, 0.6) is 0 Å². The molecule has 178 valence electrons. The third kappa shape index (κ3) is 5.36. The molecule has 0 aliphatic carbocycles. The largest absolute Gasteiger partial charge is 0.322 e. The van der Waals surface area contributed by atoms with Crippen molar-refractivity contribution in [2.45, 2.75) is 18.7 Å². The smallest absolute Gasteiger partial charge is 0.257 e. The van der Waals surface area contributed by atoms with Crippen molar-refractivity contribution in [3.05, 3.63) is 94.9 Å². The number of rotatable bonds is 5. The van der Waals surface area contributed by atoms with Crippen LogP contribution in [-0.4, -0.2) is 31.5 Å². The molecule has 2 amide bonds. The molecule has 3 aromatic carbocycles. The summed E-state index contributed by atoms with van der Waals surface area (Å²) in [5.41, 5.74) is 3.24. The van der Waals surface area contributed by atoms with Crippen LogP contribution in [0.2, 0.25) is 0 Å². The number of nitrogens with zero attached hydrogens (tertiary/aromatic N) is 1. The lowest BCUT2D eigenvalue weighted by atomic mass is 10.1. The minimum atomic E-state index is -3.44. The molecule has 0 aliphatic rings. The van der Waals surface area contributed by atoms with Crippen LogP contribution < -0.4 is 10.6 Å². The predicted octanol–water partition coefficient (Wildman–Crippen LogP) is 4.90. The number of sulfone groups is 1. The first-order valence-corrected chi connectivity index (χ1v) is 12.5. The second kappa shape index (κ2) is 9.27. The number of amides is 2. The SMILES string of the molecule is Cc1cc(NC(=O)c2cc3ccc(F)cc3nc2C)ccc1NC(=O)c1cccc(S(C)(=O)=O)c1. The van der Waals surface area contributed by atoms with Crippen LogP contribution in [0.4, 0.5) is 15.8 Å². The van der Waals surface area contributed by atoms with E-state index in [1.165, 1.54) is 36.4 Å². The summed E-state index contributed by atoms with van der Waals surface area (Å²) in [5, 5.41) is 6.23. The summed E-state index contributed by atoms with van der Waals surface area (Å²) in [4.78, 5) is 29.9. The molecule has 0 fully saturated rings. The molecule has 35 heavy (non-hydrogen) atoms. The molecule has 0 spiro atoms. The van der Waals surface area contributed by atoms with Crippen molar-refractivity contribution < 1.29 is 22.4 Å². The van der Waals surface area contributed by atoms with Crippen LogP contribution in [0, 0.1) is 19.7 Å². The van der Waals surface area contributed by atoms with E-state index in [1.807, 2.05) is 0 Å². The summed E-state index contributed by atoms with van der Waals surface area (Å²) in [6, 6.07) is 16.7. The van der Waals surface area contributed by atoms with E-state index in [-0.39, 0.29) is 16.4 Å². The average Bonchev–Trinajstić information content (AvgIpc) is 2.79. The van der Waals surface area contributed by atoms with Gasteiger partial charge < -0.3 is 10.6 Å². The van der Waals surface area contributed by atoms with E-state index in [9.17, 15) is 22.4 Å². The third-order valence-electron chi connectivity index (χ3n) is 5.47. The molecule has 7 nitrogen and oxygen atoms in total. The minimum Gasteiger partial charge on any atom is -0.322 e. The number of nitrogens with one attached hydrogen (secondary N) is 2. The lowest BCUT2D eigenvalue weighted by molar-refractivity contribution is 0.101. The first-order valence-electron chi connectivity index (χ1n) is 10.6. The molecule has 4 rings (SSSR count). The number of aryl methyl sites for hydroxylation is 2. The maximum atomic E-state index is 13.5. The van der Waals surface area contributed by atoms with Gasteiger partial charge >= 0.3 is 0 Å². The maximum absolute atomic E-state index is 13.5. The number of aromatic nitrogens is 1. The molecule has 0 saturated heterocycles. The summed E-state index contributed by atoms with van der Waals surface area (Å²) >= 11 is 0. The van der Waals surface area contributed by atoms with Gasteiger partial charge in [0.05, 0.1) is 21.7 Å². The molecule has 4 aromatic rings. The highest BCUT2D eigenvalue weighted by Crippen LogP contribution is 2.23. The summed E-state index contributed by atoms with van der Waals surface area (Å²) in [5.74, 6) is -1.22. The Morgan fingerprint density at radius 1 is 0.886 bits per heavy atom.